The van der Waals surface area contributed by atoms with E-state index in [0.29, 0.717) is 5.92 Å². The lowest BCUT2D eigenvalue weighted by molar-refractivity contribution is 0.816. The first-order valence-corrected chi connectivity index (χ1v) is 5.01. The van der Waals surface area contributed by atoms with Crippen LogP contribution in [0.1, 0.15) is 23.5 Å². The average Bonchev–Trinajstić information content (AvgIpc) is 2.46. The van der Waals surface area contributed by atoms with Crippen molar-refractivity contribution in [3.8, 4) is 0 Å². The fraction of sp³-hybridized carbons (Fsp3) is 0.273. The zero-order valence-corrected chi connectivity index (χ0v) is 8.47. The normalized spacial score (nSPS) is 20.6. The van der Waals surface area contributed by atoms with Gasteiger partial charge < -0.3 is 0 Å². The van der Waals surface area contributed by atoms with Crippen LogP contribution in [0.3, 0.4) is 0 Å². The van der Waals surface area contributed by atoms with E-state index < -0.39 is 0 Å². The Hall–Kier alpha value is -0.560. The molecule has 0 N–H and O–H groups in total. The number of aryl methyl sites for hydroxylation is 1. The topological polar surface area (TPSA) is 0 Å². The summed E-state index contributed by atoms with van der Waals surface area (Å²) in [7, 11) is 0. The lowest BCUT2D eigenvalue weighted by Crippen LogP contribution is -1.86. The van der Waals surface area contributed by atoms with Crippen LogP contribution >= 0.6 is 15.9 Å². The third-order valence-corrected chi connectivity index (χ3v) is 3.01. The van der Waals surface area contributed by atoms with Crippen LogP contribution in [-0.2, 0) is 6.42 Å². The zero-order valence-electron chi connectivity index (χ0n) is 6.89. The van der Waals surface area contributed by atoms with E-state index in [1.165, 1.54) is 28.4 Å². The molecule has 0 bridgehead atoms. The highest BCUT2D eigenvalue weighted by atomic mass is 79.9. The van der Waals surface area contributed by atoms with Crippen LogP contribution in [0.2, 0.25) is 0 Å². The van der Waals surface area contributed by atoms with E-state index in [2.05, 4.69) is 46.8 Å². The van der Waals surface area contributed by atoms with Crippen molar-refractivity contribution >= 4 is 15.9 Å². The highest BCUT2D eigenvalue weighted by molar-refractivity contribution is 9.10. The van der Waals surface area contributed by atoms with E-state index in [-0.39, 0.29) is 0 Å². The third-order valence-electron chi connectivity index (χ3n) is 2.51. The number of fused-ring (bicyclic) bond motifs is 1. The minimum Gasteiger partial charge on any atom is -0.102 e. The van der Waals surface area contributed by atoms with E-state index in [4.69, 9.17) is 0 Å². The molecule has 0 saturated carbocycles. The summed E-state index contributed by atoms with van der Waals surface area (Å²) >= 11 is 3.48. The van der Waals surface area contributed by atoms with Crippen molar-refractivity contribution in [2.75, 3.05) is 0 Å². The van der Waals surface area contributed by atoms with Crippen LogP contribution in [-0.4, -0.2) is 0 Å². The van der Waals surface area contributed by atoms with Gasteiger partial charge in [0.05, 0.1) is 0 Å². The van der Waals surface area contributed by atoms with Crippen LogP contribution in [0.15, 0.2) is 35.3 Å². The van der Waals surface area contributed by atoms with Gasteiger partial charge in [-0.3, -0.25) is 0 Å². The number of rotatable bonds is 1. The van der Waals surface area contributed by atoms with Gasteiger partial charge in [0.1, 0.15) is 0 Å². The molecule has 0 saturated heterocycles. The minimum absolute atomic E-state index is 0.591. The molecule has 0 unspecified atom stereocenters. The smallest absolute Gasteiger partial charge is 0.0178 e. The van der Waals surface area contributed by atoms with Gasteiger partial charge in [-0.15, -0.1) is 6.58 Å². The second-order valence-corrected chi connectivity index (χ2v) is 4.14. The van der Waals surface area contributed by atoms with Crippen molar-refractivity contribution in [1.82, 2.24) is 0 Å². The molecule has 0 amide bonds. The van der Waals surface area contributed by atoms with Crippen molar-refractivity contribution in [3.05, 3.63) is 46.5 Å². The maximum absolute atomic E-state index is 3.85. The molecule has 1 aromatic carbocycles. The average molecular weight is 223 g/mol. The predicted octanol–water partition coefficient (Wildman–Crippen LogP) is 3.66. The summed E-state index contributed by atoms with van der Waals surface area (Å²) in [6, 6.07) is 6.54. The number of benzene rings is 1. The molecule has 12 heavy (non-hydrogen) atoms. The highest BCUT2D eigenvalue weighted by Gasteiger charge is 2.19. The summed E-state index contributed by atoms with van der Waals surface area (Å²) in [6.45, 7) is 3.85. The van der Waals surface area contributed by atoms with Gasteiger partial charge in [-0.1, -0.05) is 28.1 Å². The Bertz CT molecular complexity index is 315. The molecule has 1 atom stereocenters. The fourth-order valence-electron chi connectivity index (χ4n) is 1.86. The molecular weight excluding hydrogens is 212 g/mol. The third kappa shape index (κ3) is 1.22. The molecule has 1 heteroatoms. The number of hydrogen-bond acceptors (Lipinski definition) is 0. The molecule has 1 aromatic rings. The molecule has 0 spiro atoms. The Morgan fingerprint density at radius 3 is 3.08 bits per heavy atom. The van der Waals surface area contributed by atoms with Crippen molar-refractivity contribution in [3.63, 3.8) is 0 Å². The summed E-state index contributed by atoms with van der Waals surface area (Å²) in [5, 5.41) is 0. The van der Waals surface area contributed by atoms with E-state index in [0.717, 1.165) is 0 Å². The molecule has 1 aliphatic rings. The molecule has 0 nitrogen and oxygen atoms in total. The van der Waals surface area contributed by atoms with Crippen LogP contribution in [0.25, 0.3) is 0 Å². The quantitative estimate of drug-likeness (QED) is 0.637. The van der Waals surface area contributed by atoms with Gasteiger partial charge >= 0.3 is 0 Å². The summed E-state index contributed by atoms with van der Waals surface area (Å²) < 4.78 is 1.19. The summed E-state index contributed by atoms with van der Waals surface area (Å²) in [5.74, 6) is 0.591. The van der Waals surface area contributed by atoms with E-state index in [1.54, 1.807) is 0 Å². The van der Waals surface area contributed by atoms with Crippen molar-refractivity contribution in [1.29, 1.82) is 0 Å². The minimum atomic E-state index is 0.591. The van der Waals surface area contributed by atoms with E-state index >= 15 is 0 Å². The predicted molar refractivity (Wildman–Crippen MR) is 55.4 cm³/mol. The zero-order chi connectivity index (χ0) is 8.55. The first-order valence-electron chi connectivity index (χ1n) is 4.22. The summed E-state index contributed by atoms with van der Waals surface area (Å²) in [4.78, 5) is 0. The Labute approximate surface area is 81.4 Å². The molecule has 0 heterocycles. The van der Waals surface area contributed by atoms with Gasteiger partial charge in [0, 0.05) is 10.4 Å². The number of hydrogen-bond donors (Lipinski definition) is 0. The van der Waals surface area contributed by atoms with Gasteiger partial charge in [0.25, 0.3) is 0 Å². The lowest BCUT2D eigenvalue weighted by Gasteiger charge is -2.04. The monoisotopic (exact) mass is 222 g/mol. The second-order valence-electron chi connectivity index (χ2n) is 3.22. The maximum Gasteiger partial charge on any atom is 0.0178 e. The van der Waals surface area contributed by atoms with Gasteiger partial charge in [-0.2, -0.15) is 0 Å². The van der Waals surface area contributed by atoms with Crippen molar-refractivity contribution < 1.29 is 0 Å². The molecule has 0 aliphatic heterocycles. The first-order chi connectivity index (χ1) is 5.81. The maximum atomic E-state index is 3.85. The molecule has 1 aliphatic carbocycles. The molecule has 2 rings (SSSR count). The van der Waals surface area contributed by atoms with E-state index in [1.807, 2.05) is 0 Å². The van der Waals surface area contributed by atoms with Crippen LogP contribution in [0, 0.1) is 0 Å². The van der Waals surface area contributed by atoms with Gasteiger partial charge in [0.2, 0.25) is 0 Å². The van der Waals surface area contributed by atoms with Crippen LogP contribution in [0.4, 0.5) is 0 Å². The molecule has 0 fully saturated rings. The van der Waals surface area contributed by atoms with Gasteiger partial charge in [-0.05, 0) is 36.1 Å². The standard InChI is InChI=1S/C11H11Br/c1-2-8-3-4-9-7-10(12)5-6-11(8)9/h2,5-8H,1,3-4H2/t8-/m1/s1. The largest absolute Gasteiger partial charge is 0.102 e. The van der Waals surface area contributed by atoms with Gasteiger partial charge in [-0.25, -0.2) is 0 Å². The van der Waals surface area contributed by atoms with Crippen LogP contribution in [0.5, 0.6) is 0 Å². The summed E-state index contributed by atoms with van der Waals surface area (Å²) in [6.07, 6.45) is 4.49. The molecule has 0 radical (unpaired) electrons. The van der Waals surface area contributed by atoms with Crippen LogP contribution < -0.4 is 0 Å². The van der Waals surface area contributed by atoms with E-state index in [9.17, 15) is 0 Å². The number of halogens is 1. The summed E-state index contributed by atoms with van der Waals surface area (Å²) in [5.41, 5.74) is 2.95. The first kappa shape index (κ1) is 8.06. The second kappa shape index (κ2) is 3.06. The SMILES string of the molecule is C=C[C@@H]1CCc2cc(Br)ccc21. The lowest BCUT2D eigenvalue weighted by atomic mass is 10.0. The van der Waals surface area contributed by atoms with Crippen molar-refractivity contribution in [2.24, 2.45) is 0 Å². The Morgan fingerprint density at radius 2 is 2.33 bits per heavy atom. The molecular formula is C11H11Br. The van der Waals surface area contributed by atoms with Crippen molar-refractivity contribution in [2.45, 2.75) is 18.8 Å². The Morgan fingerprint density at radius 1 is 1.50 bits per heavy atom. The Kier molecular flexibility index (Phi) is 2.05. The fourth-order valence-corrected chi connectivity index (χ4v) is 2.27. The highest BCUT2D eigenvalue weighted by Crippen LogP contribution is 2.34. The molecule has 0 aromatic heterocycles. The van der Waals surface area contributed by atoms with Gasteiger partial charge in [0.15, 0.2) is 0 Å². The number of allylic oxidation sites excluding steroid dienone is 1. The Balaban J connectivity index is 2.47. The molecule has 62 valence electrons.